The molecule has 0 radical (unpaired) electrons. The average molecular weight is 324 g/mol. The van der Waals surface area contributed by atoms with Crippen LogP contribution in [-0.4, -0.2) is 11.2 Å². The second-order valence-electron chi connectivity index (χ2n) is 4.10. The number of carbonyl (C=O) groups is 1. The second-order valence-corrected chi connectivity index (χ2v) is 6.40. The zero-order valence-electron chi connectivity index (χ0n) is 10.9. The zero-order valence-corrected chi connectivity index (χ0v) is 12.5. The Hall–Kier alpha value is -1.91. The number of benzene rings is 1. The monoisotopic (exact) mass is 324 g/mol. The van der Waals surface area contributed by atoms with E-state index >= 15 is 0 Å². The number of hydrogen-bond acceptors (Lipinski definition) is 4. The number of carbonyl (C=O) groups excluding carboxylic acids is 1. The molecule has 2 aromatic rings. The van der Waals surface area contributed by atoms with Gasteiger partial charge in [0, 0.05) is 4.90 Å². The fraction of sp³-hybridized carbons (Fsp3) is 0.143. The molecule has 1 unspecified atom stereocenters. The van der Waals surface area contributed by atoms with Gasteiger partial charge in [0.15, 0.2) is 0 Å². The van der Waals surface area contributed by atoms with Crippen molar-refractivity contribution in [3.63, 3.8) is 0 Å². The quantitative estimate of drug-likeness (QED) is 0.864. The minimum Gasteiger partial charge on any atom is -0.316 e. The van der Waals surface area contributed by atoms with E-state index in [1.54, 1.807) is 18.4 Å². The highest BCUT2D eigenvalue weighted by Gasteiger charge is 2.18. The molecule has 0 fully saturated rings. The molecule has 0 saturated carbocycles. The van der Waals surface area contributed by atoms with Crippen LogP contribution in [0.2, 0.25) is 0 Å². The molecule has 108 valence electrons. The van der Waals surface area contributed by atoms with E-state index in [2.05, 4.69) is 5.32 Å². The van der Waals surface area contributed by atoms with Crippen molar-refractivity contribution < 1.29 is 13.6 Å². The number of nitrogens with one attached hydrogen (secondary N) is 1. The Labute approximate surface area is 128 Å². The van der Waals surface area contributed by atoms with E-state index < -0.39 is 16.9 Å². The Kier molecular flexibility index (Phi) is 4.94. The summed E-state index contributed by atoms with van der Waals surface area (Å²) in [6.45, 7) is 1.59. The topological polar surface area (TPSA) is 52.9 Å². The molecule has 0 aliphatic rings. The van der Waals surface area contributed by atoms with E-state index in [1.807, 2.05) is 6.07 Å². The van der Waals surface area contributed by atoms with Gasteiger partial charge in [-0.3, -0.25) is 4.79 Å². The van der Waals surface area contributed by atoms with E-state index in [-0.39, 0.29) is 10.8 Å². The van der Waals surface area contributed by atoms with Crippen molar-refractivity contribution in [3.8, 4) is 6.07 Å². The minimum absolute atomic E-state index is 0.0735. The Morgan fingerprint density at radius 3 is 2.90 bits per heavy atom. The van der Waals surface area contributed by atoms with Crippen molar-refractivity contribution in [1.82, 2.24) is 0 Å². The van der Waals surface area contributed by atoms with Crippen molar-refractivity contribution in [2.45, 2.75) is 17.1 Å². The molecule has 0 bridgehead atoms. The highest BCUT2D eigenvalue weighted by Crippen LogP contribution is 2.29. The van der Waals surface area contributed by atoms with Gasteiger partial charge in [0.25, 0.3) is 0 Å². The number of anilines is 1. The van der Waals surface area contributed by atoms with Crippen molar-refractivity contribution in [2.75, 3.05) is 5.32 Å². The van der Waals surface area contributed by atoms with E-state index in [1.165, 1.54) is 11.3 Å². The molecule has 21 heavy (non-hydrogen) atoms. The summed E-state index contributed by atoms with van der Waals surface area (Å²) in [4.78, 5) is 12.1. The van der Waals surface area contributed by atoms with E-state index in [0.29, 0.717) is 10.6 Å². The molecule has 0 aliphatic heterocycles. The molecule has 1 N–H and O–H groups in total. The van der Waals surface area contributed by atoms with Gasteiger partial charge in [0.1, 0.15) is 22.7 Å². The maximum atomic E-state index is 13.5. The molecular formula is C14H10F2N2OS2. The Morgan fingerprint density at radius 2 is 2.19 bits per heavy atom. The van der Waals surface area contributed by atoms with Crippen molar-refractivity contribution >= 4 is 34.0 Å². The number of nitrogens with zero attached hydrogens (tertiary/aromatic N) is 1. The smallest absolute Gasteiger partial charge is 0.238 e. The van der Waals surface area contributed by atoms with Crippen LogP contribution in [-0.2, 0) is 4.79 Å². The van der Waals surface area contributed by atoms with Gasteiger partial charge in [-0.05, 0) is 36.6 Å². The summed E-state index contributed by atoms with van der Waals surface area (Å²) in [6.07, 6.45) is 0. The number of thiophene rings is 1. The maximum Gasteiger partial charge on any atom is 0.238 e. The second kappa shape index (κ2) is 6.70. The molecule has 1 amide bonds. The summed E-state index contributed by atoms with van der Waals surface area (Å²) in [5.41, 5.74) is 0.377. The van der Waals surface area contributed by atoms with Crippen molar-refractivity contribution in [1.29, 1.82) is 5.26 Å². The molecule has 7 heteroatoms. The fourth-order valence-corrected chi connectivity index (χ4v) is 3.17. The number of rotatable bonds is 4. The molecule has 1 atom stereocenters. The first-order chi connectivity index (χ1) is 10.0. The minimum atomic E-state index is -0.630. The van der Waals surface area contributed by atoms with Crippen LogP contribution in [0.3, 0.4) is 0 Å². The summed E-state index contributed by atoms with van der Waals surface area (Å²) in [6, 6.07) is 6.66. The lowest BCUT2D eigenvalue weighted by molar-refractivity contribution is -0.115. The van der Waals surface area contributed by atoms with Crippen LogP contribution < -0.4 is 5.32 Å². The molecule has 1 aromatic heterocycles. The summed E-state index contributed by atoms with van der Waals surface area (Å²) >= 11 is 2.16. The lowest BCUT2D eigenvalue weighted by Gasteiger charge is -2.11. The predicted molar refractivity (Wildman–Crippen MR) is 79.3 cm³/mol. The first-order valence-corrected chi connectivity index (χ1v) is 7.67. The van der Waals surface area contributed by atoms with Crippen LogP contribution in [0, 0.1) is 23.0 Å². The number of nitriles is 1. The molecule has 0 saturated heterocycles. The summed E-state index contributed by atoms with van der Waals surface area (Å²) in [5.74, 6) is -1.51. The Bertz CT molecular complexity index is 709. The van der Waals surface area contributed by atoms with Crippen LogP contribution in [0.4, 0.5) is 13.8 Å². The lowest BCUT2D eigenvalue weighted by Crippen LogP contribution is -2.22. The third kappa shape index (κ3) is 3.80. The summed E-state index contributed by atoms with van der Waals surface area (Å²) in [7, 11) is 0. The van der Waals surface area contributed by atoms with Gasteiger partial charge in [0.05, 0.1) is 10.8 Å². The standard InChI is InChI=1S/C14H10F2N2OS2/c1-8(21-12-6-10(15)2-3-11(12)16)13(19)18-14-9(7-17)4-5-20-14/h2-6,8H,1H3,(H,18,19). The molecule has 3 nitrogen and oxygen atoms in total. The van der Waals surface area contributed by atoms with Crippen LogP contribution in [0.25, 0.3) is 0 Å². The summed E-state index contributed by atoms with van der Waals surface area (Å²) in [5, 5.41) is 13.0. The first-order valence-electron chi connectivity index (χ1n) is 5.91. The van der Waals surface area contributed by atoms with Gasteiger partial charge in [-0.1, -0.05) is 0 Å². The van der Waals surface area contributed by atoms with Gasteiger partial charge in [-0.15, -0.1) is 23.1 Å². The molecular weight excluding hydrogens is 314 g/mol. The SMILES string of the molecule is CC(Sc1cc(F)ccc1F)C(=O)Nc1sccc1C#N. The number of hydrogen-bond donors (Lipinski definition) is 1. The van der Waals surface area contributed by atoms with E-state index in [9.17, 15) is 13.6 Å². The highest BCUT2D eigenvalue weighted by atomic mass is 32.2. The molecule has 0 aliphatic carbocycles. The maximum absolute atomic E-state index is 13.5. The van der Waals surface area contributed by atoms with Crippen LogP contribution in [0.15, 0.2) is 34.5 Å². The number of halogens is 2. The van der Waals surface area contributed by atoms with Gasteiger partial charge < -0.3 is 5.32 Å². The number of amides is 1. The largest absolute Gasteiger partial charge is 0.316 e. The van der Waals surface area contributed by atoms with E-state index in [0.717, 1.165) is 30.0 Å². The van der Waals surface area contributed by atoms with Gasteiger partial charge >= 0.3 is 0 Å². The number of thioether (sulfide) groups is 1. The van der Waals surface area contributed by atoms with Crippen molar-refractivity contribution in [2.24, 2.45) is 0 Å². The Morgan fingerprint density at radius 1 is 1.43 bits per heavy atom. The van der Waals surface area contributed by atoms with Crippen LogP contribution in [0.5, 0.6) is 0 Å². The lowest BCUT2D eigenvalue weighted by atomic mass is 10.3. The van der Waals surface area contributed by atoms with Crippen LogP contribution >= 0.6 is 23.1 Å². The summed E-state index contributed by atoms with van der Waals surface area (Å²) < 4.78 is 26.6. The van der Waals surface area contributed by atoms with Crippen LogP contribution in [0.1, 0.15) is 12.5 Å². The third-order valence-electron chi connectivity index (χ3n) is 2.59. The molecule has 2 rings (SSSR count). The predicted octanol–water partition coefficient (Wildman–Crippen LogP) is 4.02. The zero-order chi connectivity index (χ0) is 15.4. The average Bonchev–Trinajstić information content (AvgIpc) is 2.90. The molecule has 1 aromatic carbocycles. The fourth-order valence-electron chi connectivity index (χ4n) is 1.52. The van der Waals surface area contributed by atoms with Gasteiger partial charge in [-0.2, -0.15) is 5.26 Å². The van der Waals surface area contributed by atoms with Crippen molar-refractivity contribution in [3.05, 3.63) is 46.8 Å². The first kappa shape index (κ1) is 15.5. The van der Waals surface area contributed by atoms with Gasteiger partial charge in [-0.25, -0.2) is 8.78 Å². The van der Waals surface area contributed by atoms with Gasteiger partial charge in [0.2, 0.25) is 5.91 Å². The Balaban J connectivity index is 2.06. The van der Waals surface area contributed by atoms with E-state index in [4.69, 9.17) is 5.26 Å². The highest BCUT2D eigenvalue weighted by molar-refractivity contribution is 8.00. The molecule has 0 spiro atoms. The molecule has 1 heterocycles. The third-order valence-corrected chi connectivity index (χ3v) is 4.55. The normalized spacial score (nSPS) is 11.7.